The molecule has 4 aromatic rings. The first kappa shape index (κ1) is 19.8. The molecule has 8 heteroatoms. The van der Waals surface area contributed by atoms with E-state index in [4.69, 9.17) is 4.74 Å². The molecule has 152 valence electrons. The predicted octanol–water partition coefficient (Wildman–Crippen LogP) is 4.29. The second-order valence-electron chi connectivity index (χ2n) is 6.62. The molecule has 2 aromatic carbocycles. The highest BCUT2D eigenvalue weighted by Gasteiger charge is 2.22. The predicted molar refractivity (Wildman–Crippen MR) is 117 cm³/mol. The van der Waals surface area contributed by atoms with Gasteiger partial charge >= 0.3 is 5.97 Å². The number of aromatic nitrogens is 4. The molecule has 0 amide bonds. The van der Waals surface area contributed by atoms with Gasteiger partial charge in [-0.2, -0.15) is 0 Å². The number of nitrogens with zero attached hydrogens (tertiary/aromatic N) is 3. The van der Waals surface area contributed by atoms with Gasteiger partial charge in [-0.3, -0.25) is 4.57 Å². The minimum absolute atomic E-state index is 0.00913. The first-order valence-electron chi connectivity index (χ1n) is 9.25. The van der Waals surface area contributed by atoms with Crippen LogP contribution in [-0.2, 0) is 9.53 Å². The number of rotatable bonds is 6. The van der Waals surface area contributed by atoms with Gasteiger partial charge in [-0.15, -0.1) is 0 Å². The van der Waals surface area contributed by atoms with Crippen molar-refractivity contribution in [2.24, 2.45) is 0 Å². The number of ether oxygens (including phenoxy) is 1. The maximum absolute atomic E-state index is 12.4. The number of esters is 1. The Balaban J connectivity index is 1.64. The van der Waals surface area contributed by atoms with E-state index in [0.29, 0.717) is 10.7 Å². The molecule has 4 rings (SSSR count). The Morgan fingerprint density at radius 2 is 2.07 bits per heavy atom. The number of carbonyl (C=O) groups is 1. The Kier molecular flexibility index (Phi) is 5.58. The van der Waals surface area contributed by atoms with E-state index < -0.39 is 5.97 Å². The SMILES string of the molecule is COC(=O)/C(=C(/O)CSc1nccn1-c1cccc(C)c1)c1nc2ccccc2[nH]1. The van der Waals surface area contributed by atoms with E-state index in [1.807, 2.05) is 60.2 Å². The molecule has 0 atom stereocenters. The van der Waals surface area contributed by atoms with Crippen LogP contribution >= 0.6 is 11.8 Å². The highest BCUT2D eigenvalue weighted by Crippen LogP contribution is 2.26. The van der Waals surface area contributed by atoms with Crippen LogP contribution in [0.5, 0.6) is 0 Å². The molecule has 0 saturated heterocycles. The topological polar surface area (TPSA) is 93.0 Å². The summed E-state index contributed by atoms with van der Waals surface area (Å²) in [5, 5.41) is 11.4. The minimum atomic E-state index is -0.658. The minimum Gasteiger partial charge on any atom is -0.510 e. The zero-order valence-corrected chi connectivity index (χ0v) is 17.3. The Labute approximate surface area is 177 Å². The van der Waals surface area contributed by atoms with E-state index >= 15 is 0 Å². The Morgan fingerprint density at radius 3 is 2.83 bits per heavy atom. The maximum atomic E-state index is 12.4. The number of H-pyrrole nitrogens is 1. The number of fused-ring (bicyclic) bond motifs is 1. The van der Waals surface area contributed by atoms with Crippen LogP contribution in [0.25, 0.3) is 22.3 Å². The van der Waals surface area contributed by atoms with E-state index in [0.717, 1.165) is 16.8 Å². The molecule has 0 unspecified atom stereocenters. The molecule has 0 aliphatic carbocycles. The second kappa shape index (κ2) is 8.46. The fourth-order valence-electron chi connectivity index (χ4n) is 3.10. The van der Waals surface area contributed by atoms with Crippen LogP contribution in [0.15, 0.2) is 71.8 Å². The van der Waals surface area contributed by atoms with Crippen LogP contribution in [0.1, 0.15) is 11.4 Å². The lowest BCUT2D eigenvalue weighted by molar-refractivity contribution is -0.133. The lowest BCUT2D eigenvalue weighted by Gasteiger charge is -2.09. The number of aryl methyl sites for hydroxylation is 1. The van der Waals surface area contributed by atoms with Crippen molar-refractivity contribution in [1.82, 2.24) is 19.5 Å². The summed E-state index contributed by atoms with van der Waals surface area (Å²) in [5.41, 5.74) is 3.59. The van der Waals surface area contributed by atoms with Gasteiger partial charge in [0.15, 0.2) is 5.16 Å². The normalized spacial score (nSPS) is 12.1. The number of aromatic amines is 1. The Morgan fingerprint density at radius 1 is 1.23 bits per heavy atom. The molecule has 0 aliphatic rings. The summed E-state index contributed by atoms with van der Waals surface area (Å²) in [5.74, 6) is -0.397. The standard InChI is InChI=1S/C22H20N4O3S/c1-14-6-5-7-15(12-14)26-11-10-23-22(26)30-13-18(27)19(21(28)29-2)20-24-16-8-3-4-9-17(16)25-20/h3-12,27H,13H2,1-2H3,(H,24,25)/b19-18+. The number of imidazole rings is 2. The lowest BCUT2D eigenvalue weighted by atomic mass is 10.2. The number of aliphatic hydroxyl groups is 1. The molecule has 0 fully saturated rings. The van der Waals surface area contributed by atoms with E-state index in [1.165, 1.54) is 18.9 Å². The molecule has 0 radical (unpaired) electrons. The fourth-order valence-corrected chi connectivity index (χ4v) is 3.95. The smallest absolute Gasteiger partial charge is 0.345 e. The molecular weight excluding hydrogens is 400 g/mol. The van der Waals surface area contributed by atoms with Gasteiger partial charge in [0.25, 0.3) is 0 Å². The Hall–Kier alpha value is -3.52. The second-order valence-corrected chi connectivity index (χ2v) is 7.57. The third kappa shape index (κ3) is 3.95. The summed E-state index contributed by atoms with van der Waals surface area (Å²) in [6.45, 7) is 2.03. The quantitative estimate of drug-likeness (QED) is 0.209. The van der Waals surface area contributed by atoms with Crippen molar-refractivity contribution in [2.75, 3.05) is 12.9 Å². The van der Waals surface area contributed by atoms with Crippen molar-refractivity contribution < 1.29 is 14.6 Å². The third-order valence-electron chi connectivity index (χ3n) is 4.53. The summed E-state index contributed by atoms with van der Waals surface area (Å²) in [4.78, 5) is 24.3. The molecule has 0 spiro atoms. The molecule has 30 heavy (non-hydrogen) atoms. The average Bonchev–Trinajstić information content (AvgIpc) is 3.39. The number of aliphatic hydroxyl groups excluding tert-OH is 1. The fraction of sp³-hybridized carbons (Fsp3) is 0.136. The Bertz CT molecular complexity index is 1210. The molecule has 2 N–H and O–H groups in total. The zero-order valence-electron chi connectivity index (χ0n) is 16.5. The first-order valence-corrected chi connectivity index (χ1v) is 10.2. The van der Waals surface area contributed by atoms with Gasteiger partial charge < -0.3 is 14.8 Å². The number of methoxy groups -OCH3 is 1. The lowest BCUT2D eigenvalue weighted by Crippen LogP contribution is -2.10. The zero-order chi connectivity index (χ0) is 21.1. The maximum Gasteiger partial charge on any atom is 0.345 e. The van der Waals surface area contributed by atoms with E-state index in [2.05, 4.69) is 21.0 Å². The van der Waals surface area contributed by atoms with Crippen molar-refractivity contribution in [3.05, 3.63) is 78.1 Å². The summed E-state index contributed by atoms with van der Waals surface area (Å²) in [6, 6.07) is 15.4. The molecule has 0 saturated carbocycles. The highest BCUT2D eigenvalue weighted by atomic mass is 32.2. The van der Waals surface area contributed by atoms with E-state index in [9.17, 15) is 9.90 Å². The summed E-state index contributed by atoms with van der Waals surface area (Å²) in [6.07, 6.45) is 3.56. The molecular formula is C22H20N4O3S. The van der Waals surface area contributed by atoms with Gasteiger partial charge in [0.05, 0.1) is 23.9 Å². The number of nitrogens with one attached hydrogen (secondary N) is 1. The number of thioether (sulfide) groups is 1. The molecule has 2 aromatic heterocycles. The average molecular weight is 420 g/mol. The van der Waals surface area contributed by atoms with Gasteiger partial charge in [-0.1, -0.05) is 36.0 Å². The molecule has 0 aliphatic heterocycles. The van der Waals surface area contributed by atoms with Crippen molar-refractivity contribution in [3.63, 3.8) is 0 Å². The van der Waals surface area contributed by atoms with Crippen LogP contribution in [0, 0.1) is 6.92 Å². The van der Waals surface area contributed by atoms with Crippen LogP contribution in [-0.4, -0.2) is 43.5 Å². The van der Waals surface area contributed by atoms with Crippen LogP contribution in [0.2, 0.25) is 0 Å². The summed E-state index contributed by atoms with van der Waals surface area (Å²) >= 11 is 1.31. The van der Waals surface area contributed by atoms with Crippen LogP contribution < -0.4 is 0 Å². The monoisotopic (exact) mass is 420 g/mol. The van der Waals surface area contributed by atoms with Gasteiger partial charge in [-0.25, -0.2) is 14.8 Å². The van der Waals surface area contributed by atoms with E-state index in [-0.39, 0.29) is 22.9 Å². The number of para-hydroxylation sites is 2. The first-order chi connectivity index (χ1) is 14.6. The van der Waals surface area contributed by atoms with E-state index in [1.54, 1.807) is 6.20 Å². The largest absolute Gasteiger partial charge is 0.510 e. The van der Waals surface area contributed by atoms with Crippen LogP contribution in [0.3, 0.4) is 0 Å². The number of hydrogen-bond acceptors (Lipinski definition) is 6. The molecule has 7 nitrogen and oxygen atoms in total. The van der Waals surface area contributed by atoms with Crippen molar-refractivity contribution in [1.29, 1.82) is 0 Å². The summed E-state index contributed by atoms with van der Waals surface area (Å²) in [7, 11) is 1.27. The van der Waals surface area contributed by atoms with Gasteiger partial charge in [-0.05, 0) is 36.8 Å². The van der Waals surface area contributed by atoms with Gasteiger partial charge in [0.1, 0.15) is 17.2 Å². The van der Waals surface area contributed by atoms with Crippen LogP contribution in [0.4, 0.5) is 0 Å². The van der Waals surface area contributed by atoms with Crippen molar-refractivity contribution >= 4 is 34.3 Å². The number of benzene rings is 2. The highest BCUT2D eigenvalue weighted by molar-refractivity contribution is 7.99. The molecule has 0 bridgehead atoms. The van der Waals surface area contributed by atoms with Crippen molar-refractivity contribution in [2.45, 2.75) is 12.1 Å². The van der Waals surface area contributed by atoms with Crippen molar-refractivity contribution in [3.8, 4) is 5.69 Å². The summed E-state index contributed by atoms with van der Waals surface area (Å²) < 4.78 is 6.81. The van der Waals surface area contributed by atoms with Gasteiger partial charge in [0, 0.05) is 18.1 Å². The number of hydrogen-bond donors (Lipinski definition) is 2. The molecule has 2 heterocycles. The third-order valence-corrected chi connectivity index (χ3v) is 5.51. The van der Waals surface area contributed by atoms with Gasteiger partial charge in [0.2, 0.25) is 0 Å². The number of carbonyl (C=O) groups excluding carboxylic acids is 1.